The normalized spacial score (nSPS) is 14.4. The highest BCUT2D eigenvalue weighted by Crippen LogP contribution is 2.45. The van der Waals surface area contributed by atoms with E-state index in [-0.39, 0.29) is 25.7 Å². The fourth-order valence-electron chi connectivity index (χ4n) is 10.9. The second-order valence-electron chi connectivity index (χ2n) is 27.3. The summed E-state index contributed by atoms with van der Waals surface area (Å²) in [5.41, 5.74) is 0. The summed E-state index contributed by atoms with van der Waals surface area (Å²) in [6.07, 6.45) is 83.4. The summed E-state index contributed by atoms with van der Waals surface area (Å²) in [5.74, 6) is -2.22. The third-order valence-electron chi connectivity index (χ3n) is 17.2. The summed E-state index contributed by atoms with van der Waals surface area (Å²) in [7, 11) is -9.97. The number of phosphoric ester groups is 2. The van der Waals surface area contributed by atoms with Crippen molar-refractivity contribution in [1.82, 2.24) is 0 Å². The van der Waals surface area contributed by atoms with Crippen LogP contribution in [0.4, 0.5) is 0 Å². The Bertz CT molecular complexity index is 2390. The maximum absolute atomic E-state index is 13.1. The van der Waals surface area contributed by atoms with Crippen LogP contribution in [0.25, 0.3) is 0 Å². The van der Waals surface area contributed by atoms with Gasteiger partial charge in [0, 0.05) is 25.7 Å². The summed E-state index contributed by atoms with van der Waals surface area (Å²) in [5, 5.41) is 10.6. The zero-order valence-corrected chi connectivity index (χ0v) is 67.5. The molecule has 600 valence electrons. The van der Waals surface area contributed by atoms with Gasteiger partial charge in [-0.05, 0) is 154 Å². The first-order valence-electron chi connectivity index (χ1n) is 41.1. The number of allylic oxidation sites excluding steroid dienone is 18. The van der Waals surface area contributed by atoms with Crippen LogP contribution in [0.15, 0.2) is 109 Å². The lowest BCUT2D eigenvalue weighted by molar-refractivity contribution is -0.161. The van der Waals surface area contributed by atoms with E-state index in [2.05, 4.69) is 137 Å². The van der Waals surface area contributed by atoms with E-state index in [0.29, 0.717) is 25.7 Å². The van der Waals surface area contributed by atoms with Crippen LogP contribution in [-0.4, -0.2) is 96.7 Å². The second kappa shape index (κ2) is 76.9. The molecule has 0 aliphatic rings. The standard InChI is InChI=1S/C85H148O17P2/c1-5-9-13-17-21-25-29-33-36-38-39-41-44-47-50-54-58-62-66-70-83(88)96-76-81(102-85(90)72-68-64-60-56-52-48-42-35-31-27-23-19-15-11-7-3)78-100-104(93,94)98-74-79(86)73-97-103(91,92)99-77-80(101-84(89)71-67-63-59-55-51-45-32-28-24-20-16-12-8-4)75-95-82(87)69-65-61-57-53-49-46-43-40-37-34-30-26-22-18-14-10-6-2/h10,14,21-22,25-26,28,32-37,39,41-43,46,79-81,86H,5-9,11-13,15-20,23-24,27,29-31,38,40,44-45,47-78H2,1-4H3,(H,91,92)(H,93,94)/b14-10-,25-21-,26-22-,32-28-,36-33-,37-34-,41-39-,42-35-,46-43-. The van der Waals surface area contributed by atoms with Crippen molar-refractivity contribution in [2.75, 3.05) is 39.6 Å². The highest BCUT2D eigenvalue weighted by molar-refractivity contribution is 7.47. The van der Waals surface area contributed by atoms with Crippen molar-refractivity contribution < 1.29 is 80.2 Å². The molecule has 0 amide bonds. The first-order chi connectivity index (χ1) is 50.7. The van der Waals surface area contributed by atoms with Crippen molar-refractivity contribution in [2.24, 2.45) is 0 Å². The van der Waals surface area contributed by atoms with E-state index in [1.165, 1.54) is 83.5 Å². The van der Waals surface area contributed by atoms with Gasteiger partial charge in [-0.2, -0.15) is 0 Å². The van der Waals surface area contributed by atoms with Crippen LogP contribution in [0.5, 0.6) is 0 Å². The minimum Gasteiger partial charge on any atom is -0.462 e. The summed E-state index contributed by atoms with van der Waals surface area (Å²) in [6, 6.07) is 0. The number of ether oxygens (including phenoxy) is 4. The average Bonchev–Trinajstić information content (AvgIpc) is 0.918. The van der Waals surface area contributed by atoms with Gasteiger partial charge in [0.05, 0.1) is 26.4 Å². The van der Waals surface area contributed by atoms with Crippen LogP contribution in [-0.2, 0) is 65.4 Å². The molecule has 0 spiro atoms. The Morgan fingerprint density at radius 1 is 0.279 bits per heavy atom. The molecule has 5 atom stereocenters. The van der Waals surface area contributed by atoms with Gasteiger partial charge in [0.15, 0.2) is 12.2 Å². The Hall–Kier alpha value is -4.28. The van der Waals surface area contributed by atoms with Gasteiger partial charge in [0.1, 0.15) is 19.3 Å². The first-order valence-corrected chi connectivity index (χ1v) is 44.1. The molecule has 5 unspecified atom stereocenters. The highest BCUT2D eigenvalue weighted by Gasteiger charge is 2.30. The molecular formula is C85H148O17P2. The predicted octanol–water partition coefficient (Wildman–Crippen LogP) is 24.1. The van der Waals surface area contributed by atoms with E-state index in [9.17, 15) is 43.2 Å². The van der Waals surface area contributed by atoms with E-state index in [1.807, 2.05) is 0 Å². The predicted molar refractivity (Wildman–Crippen MR) is 427 cm³/mol. The van der Waals surface area contributed by atoms with Crippen LogP contribution in [0.1, 0.15) is 349 Å². The largest absolute Gasteiger partial charge is 0.472 e. The molecule has 17 nitrogen and oxygen atoms in total. The number of carbonyl (C=O) groups is 4. The Morgan fingerprint density at radius 3 is 0.808 bits per heavy atom. The minimum absolute atomic E-state index is 0.0783. The molecule has 0 saturated heterocycles. The third-order valence-corrected chi connectivity index (χ3v) is 19.1. The van der Waals surface area contributed by atoms with Gasteiger partial charge in [-0.25, -0.2) is 9.13 Å². The quantitative estimate of drug-likeness (QED) is 0.0169. The number of aliphatic hydroxyl groups is 1. The Labute approximate surface area is 632 Å². The zero-order valence-electron chi connectivity index (χ0n) is 65.7. The third kappa shape index (κ3) is 75.9. The lowest BCUT2D eigenvalue weighted by Crippen LogP contribution is -2.30. The topological polar surface area (TPSA) is 237 Å². The highest BCUT2D eigenvalue weighted by atomic mass is 31.2. The molecular weight excluding hydrogens is 1350 g/mol. The summed E-state index contributed by atoms with van der Waals surface area (Å²) in [4.78, 5) is 73.1. The fourth-order valence-corrected chi connectivity index (χ4v) is 12.5. The minimum atomic E-state index is -4.99. The molecule has 0 rings (SSSR count). The Balaban J connectivity index is 5.38. The number of esters is 4. The van der Waals surface area contributed by atoms with Gasteiger partial charge < -0.3 is 33.8 Å². The van der Waals surface area contributed by atoms with Crippen molar-refractivity contribution in [3.8, 4) is 0 Å². The number of hydrogen-bond donors (Lipinski definition) is 3. The van der Waals surface area contributed by atoms with Crippen molar-refractivity contribution in [3.63, 3.8) is 0 Å². The van der Waals surface area contributed by atoms with E-state index in [4.69, 9.17) is 37.0 Å². The van der Waals surface area contributed by atoms with E-state index in [1.54, 1.807) is 0 Å². The van der Waals surface area contributed by atoms with Gasteiger partial charge in [0.2, 0.25) is 0 Å². The molecule has 0 aliphatic heterocycles. The Morgan fingerprint density at radius 2 is 0.500 bits per heavy atom. The van der Waals surface area contributed by atoms with Crippen LogP contribution in [0.2, 0.25) is 0 Å². The summed E-state index contributed by atoms with van der Waals surface area (Å²) in [6.45, 7) is 4.69. The van der Waals surface area contributed by atoms with Gasteiger partial charge in [-0.1, -0.05) is 278 Å². The van der Waals surface area contributed by atoms with Crippen molar-refractivity contribution >= 4 is 39.5 Å². The molecule has 104 heavy (non-hydrogen) atoms. The van der Waals surface area contributed by atoms with Gasteiger partial charge in [0.25, 0.3) is 0 Å². The molecule has 0 aromatic rings. The van der Waals surface area contributed by atoms with E-state index >= 15 is 0 Å². The second-order valence-corrected chi connectivity index (χ2v) is 30.2. The van der Waals surface area contributed by atoms with Crippen molar-refractivity contribution in [1.29, 1.82) is 0 Å². The average molecular weight is 1500 g/mol. The number of carbonyl (C=O) groups excluding carboxylic acids is 4. The summed E-state index contributed by atoms with van der Waals surface area (Å²) >= 11 is 0. The van der Waals surface area contributed by atoms with E-state index < -0.39 is 97.5 Å². The monoisotopic (exact) mass is 1500 g/mol. The molecule has 0 radical (unpaired) electrons. The number of phosphoric acid groups is 2. The van der Waals surface area contributed by atoms with Crippen molar-refractivity contribution in [3.05, 3.63) is 109 Å². The number of rotatable bonds is 77. The van der Waals surface area contributed by atoms with Crippen molar-refractivity contribution in [2.45, 2.75) is 367 Å². The number of unbranched alkanes of at least 4 members (excludes halogenated alkanes) is 33. The number of aliphatic hydroxyl groups excluding tert-OH is 1. The maximum Gasteiger partial charge on any atom is 0.472 e. The van der Waals surface area contributed by atoms with Gasteiger partial charge in [-0.15, -0.1) is 0 Å². The van der Waals surface area contributed by atoms with Gasteiger partial charge in [-0.3, -0.25) is 37.3 Å². The summed E-state index contributed by atoms with van der Waals surface area (Å²) < 4.78 is 68.6. The molecule has 0 saturated carbocycles. The molecule has 19 heteroatoms. The molecule has 0 heterocycles. The molecule has 0 fully saturated rings. The van der Waals surface area contributed by atoms with Crippen LogP contribution in [0, 0.1) is 0 Å². The number of hydrogen-bond acceptors (Lipinski definition) is 15. The first kappa shape index (κ1) is 99.7. The van der Waals surface area contributed by atoms with Crippen LogP contribution >= 0.6 is 15.6 Å². The fraction of sp³-hybridized carbons (Fsp3) is 0.741. The smallest absolute Gasteiger partial charge is 0.462 e. The molecule has 0 aromatic carbocycles. The molecule has 0 bridgehead atoms. The lowest BCUT2D eigenvalue weighted by Gasteiger charge is -2.21. The Kier molecular flexibility index (Phi) is 73.7. The van der Waals surface area contributed by atoms with E-state index in [0.717, 1.165) is 186 Å². The zero-order chi connectivity index (χ0) is 76.0. The maximum atomic E-state index is 13.1. The van der Waals surface area contributed by atoms with Gasteiger partial charge >= 0.3 is 39.5 Å². The van der Waals surface area contributed by atoms with Crippen LogP contribution in [0.3, 0.4) is 0 Å². The lowest BCUT2D eigenvalue weighted by atomic mass is 10.1. The molecule has 3 N–H and O–H groups in total. The molecule has 0 aromatic heterocycles. The van der Waals surface area contributed by atoms with Crippen LogP contribution < -0.4 is 0 Å². The molecule has 0 aliphatic carbocycles. The SMILES string of the molecule is CC/C=C\C/C=C\C/C=C\C/C=C\CCCCCCC(=O)OCC(COP(=O)(O)OCC(O)COP(=O)(O)OCC(COC(=O)CCCCCCCC/C=C\C/C=C\C/C=C\CCCCC)OC(=O)CCCCCCC/C=C\CCCCCCCC)OC(=O)CCCCCCC/C=C\CCCCCC.